The highest BCUT2D eigenvalue weighted by Crippen LogP contribution is 2.20. The van der Waals surface area contributed by atoms with Gasteiger partial charge in [-0.1, -0.05) is 18.2 Å². The van der Waals surface area contributed by atoms with Crippen LogP contribution in [0.2, 0.25) is 0 Å². The molecular formula is C12H18N2O2S. The van der Waals surface area contributed by atoms with E-state index in [0.717, 1.165) is 12.2 Å². The molecule has 0 amide bonds. The topological polar surface area (TPSA) is 40.6 Å². The highest BCUT2D eigenvalue weighted by molar-refractivity contribution is 7.88. The Morgan fingerprint density at radius 3 is 2.35 bits per heavy atom. The van der Waals surface area contributed by atoms with Gasteiger partial charge in [0.1, 0.15) is 0 Å². The number of hydrogen-bond donors (Lipinski definition) is 0. The fourth-order valence-electron chi connectivity index (χ4n) is 2.23. The highest BCUT2D eigenvalue weighted by Gasteiger charge is 2.28. The lowest BCUT2D eigenvalue weighted by atomic mass is 10.2. The average Bonchev–Trinajstić information content (AvgIpc) is 2.29. The first-order chi connectivity index (χ1) is 7.98. The normalized spacial score (nSPS) is 22.7. The second-order valence-electron chi connectivity index (χ2n) is 4.50. The molecule has 1 heterocycles. The molecule has 1 atom stereocenters. The second-order valence-corrected chi connectivity index (χ2v) is 6.48. The van der Waals surface area contributed by atoms with E-state index in [4.69, 9.17) is 0 Å². The van der Waals surface area contributed by atoms with Gasteiger partial charge in [0.25, 0.3) is 0 Å². The molecule has 1 saturated heterocycles. The summed E-state index contributed by atoms with van der Waals surface area (Å²) in [5, 5.41) is 0. The number of anilines is 1. The van der Waals surface area contributed by atoms with Crippen LogP contribution in [0.15, 0.2) is 30.3 Å². The number of nitrogens with zero attached hydrogens (tertiary/aromatic N) is 2. The van der Waals surface area contributed by atoms with E-state index in [-0.39, 0.29) is 6.04 Å². The first kappa shape index (κ1) is 12.4. The molecule has 0 N–H and O–H groups in total. The van der Waals surface area contributed by atoms with E-state index in [1.54, 1.807) is 4.31 Å². The predicted molar refractivity (Wildman–Crippen MR) is 69.7 cm³/mol. The number of hydrogen-bond acceptors (Lipinski definition) is 3. The van der Waals surface area contributed by atoms with Crippen LogP contribution >= 0.6 is 0 Å². The molecule has 1 aliphatic rings. The van der Waals surface area contributed by atoms with Crippen LogP contribution < -0.4 is 4.90 Å². The van der Waals surface area contributed by atoms with Crippen molar-refractivity contribution < 1.29 is 8.42 Å². The number of rotatable bonds is 2. The molecule has 1 aliphatic heterocycles. The standard InChI is InChI=1S/C12H18N2O2S/c1-11-10-13(17(2,15)16)8-9-14(11)12-6-4-3-5-7-12/h3-7,11H,8-10H2,1-2H3. The molecule has 1 aromatic rings. The van der Waals surface area contributed by atoms with E-state index in [0.29, 0.717) is 13.1 Å². The van der Waals surface area contributed by atoms with Crippen molar-refractivity contribution in [3.8, 4) is 0 Å². The summed E-state index contributed by atoms with van der Waals surface area (Å²) in [6, 6.07) is 10.3. The van der Waals surface area contributed by atoms with Crippen molar-refractivity contribution in [2.45, 2.75) is 13.0 Å². The minimum Gasteiger partial charge on any atom is -0.366 e. The van der Waals surface area contributed by atoms with Crippen molar-refractivity contribution >= 4 is 15.7 Å². The zero-order valence-corrected chi connectivity index (χ0v) is 11.0. The van der Waals surface area contributed by atoms with Gasteiger partial charge in [0.2, 0.25) is 10.0 Å². The Morgan fingerprint density at radius 2 is 1.82 bits per heavy atom. The molecule has 1 fully saturated rings. The molecule has 0 radical (unpaired) electrons. The van der Waals surface area contributed by atoms with Crippen LogP contribution in [0.3, 0.4) is 0 Å². The van der Waals surface area contributed by atoms with Crippen LogP contribution in [0.4, 0.5) is 5.69 Å². The fraction of sp³-hybridized carbons (Fsp3) is 0.500. The number of piperazine rings is 1. The molecular weight excluding hydrogens is 236 g/mol. The van der Waals surface area contributed by atoms with E-state index < -0.39 is 10.0 Å². The molecule has 17 heavy (non-hydrogen) atoms. The summed E-state index contributed by atoms with van der Waals surface area (Å²) >= 11 is 0. The van der Waals surface area contributed by atoms with Gasteiger partial charge in [-0.15, -0.1) is 0 Å². The second kappa shape index (κ2) is 4.66. The third-order valence-electron chi connectivity index (χ3n) is 3.15. The molecule has 5 heteroatoms. The summed E-state index contributed by atoms with van der Waals surface area (Å²) in [5.74, 6) is 0. The SMILES string of the molecule is CC1CN(S(C)(=O)=O)CCN1c1ccccc1. The van der Waals surface area contributed by atoms with E-state index >= 15 is 0 Å². The Bertz CT molecular complexity index is 473. The Balaban J connectivity index is 2.12. The van der Waals surface area contributed by atoms with Crippen molar-refractivity contribution in [2.75, 3.05) is 30.8 Å². The van der Waals surface area contributed by atoms with Gasteiger partial charge in [0.15, 0.2) is 0 Å². The monoisotopic (exact) mass is 254 g/mol. The van der Waals surface area contributed by atoms with Crippen LogP contribution in [0.1, 0.15) is 6.92 Å². The van der Waals surface area contributed by atoms with Gasteiger partial charge in [-0.3, -0.25) is 0 Å². The van der Waals surface area contributed by atoms with Crippen LogP contribution in [0, 0.1) is 0 Å². The fourth-order valence-corrected chi connectivity index (χ4v) is 3.13. The Labute approximate surface area is 103 Å². The van der Waals surface area contributed by atoms with Crippen LogP contribution in [0.25, 0.3) is 0 Å². The molecule has 94 valence electrons. The molecule has 0 aliphatic carbocycles. The average molecular weight is 254 g/mol. The summed E-state index contributed by atoms with van der Waals surface area (Å²) < 4.78 is 24.5. The predicted octanol–water partition coefficient (Wildman–Crippen LogP) is 1.16. The summed E-state index contributed by atoms with van der Waals surface area (Å²) in [5.41, 5.74) is 1.16. The highest BCUT2D eigenvalue weighted by atomic mass is 32.2. The van der Waals surface area contributed by atoms with Gasteiger partial charge in [-0.05, 0) is 19.1 Å². The van der Waals surface area contributed by atoms with E-state index in [2.05, 4.69) is 24.0 Å². The van der Waals surface area contributed by atoms with Gasteiger partial charge >= 0.3 is 0 Å². The number of para-hydroxylation sites is 1. The lowest BCUT2D eigenvalue weighted by Gasteiger charge is -2.40. The molecule has 0 aromatic heterocycles. The summed E-state index contributed by atoms with van der Waals surface area (Å²) in [7, 11) is -3.06. The smallest absolute Gasteiger partial charge is 0.211 e. The lowest BCUT2D eigenvalue weighted by molar-refractivity contribution is 0.345. The minimum atomic E-state index is -3.06. The zero-order chi connectivity index (χ0) is 12.5. The number of sulfonamides is 1. The molecule has 0 bridgehead atoms. The third kappa shape index (κ3) is 2.79. The molecule has 2 rings (SSSR count). The van der Waals surface area contributed by atoms with Gasteiger partial charge in [0.05, 0.1) is 6.26 Å². The van der Waals surface area contributed by atoms with Crippen molar-refractivity contribution in [3.63, 3.8) is 0 Å². The first-order valence-corrected chi connectivity index (χ1v) is 7.60. The first-order valence-electron chi connectivity index (χ1n) is 5.75. The molecule has 4 nitrogen and oxygen atoms in total. The van der Waals surface area contributed by atoms with Crippen LogP contribution in [0.5, 0.6) is 0 Å². The van der Waals surface area contributed by atoms with Crippen molar-refractivity contribution in [1.29, 1.82) is 0 Å². The largest absolute Gasteiger partial charge is 0.366 e. The van der Waals surface area contributed by atoms with Crippen molar-refractivity contribution in [2.24, 2.45) is 0 Å². The van der Waals surface area contributed by atoms with Crippen LogP contribution in [-0.4, -0.2) is 44.7 Å². The van der Waals surface area contributed by atoms with Gasteiger partial charge in [0, 0.05) is 31.4 Å². The van der Waals surface area contributed by atoms with E-state index in [1.165, 1.54) is 6.26 Å². The Kier molecular flexibility index (Phi) is 3.40. The van der Waals surface area contributed by atoms with E-state index in [9.17, 15) is 8.42 Å². The van der Waals surface area contributed by atoms with Gasteiger partial charge in [-0.25, -0.2) is 8.42 Å². The quantitative estimate of drug-likeness (QED) is 0.795. The Morgan fingerprint density at radius 1 is 1.18 bits per heavy atom. The zero-order valence-electron chi connectivity index (χ0n) is 10.2. The van der Waals surface area contributed by atoms with E-state index in [1.807, 2.05) is 18.2 Å². The Hall–Kier alpha value is -1.07. The lowest BCUT2D eigenvalue weighted by Crippen LogP contribution is -2.53. The van der Waals surface area contributed by atoms with Gasteiger partial charge < -0.3 is 4.90 Å². The maximum Gasteiger partial charge on any atom is 0.211 e. The van der Waals surface area contributed by atoms with Crippen molar-refractivity contribution in [3.05, 3.63) is 30.3 Å². The third-order valence-corrected chi connectivity index (χ3v) is 4.42. The molecule has 0 spiro atoms. The number of benzene rings is 1. The maximum atomic E-state index is 11.5. The summed E-state index contributed by atoms with van der Waals surface area (Å²) in [6.45, 7) is 3.94. The molecule has 1 aromatic carbocycles. The summed E-state index contributed by atoms with van der Waals surface area (Å²) in [6.07, 6.45) is 1.28. The van der Waals surface area contributed by atoms with Crippen LogP contribution in [-0.2, 0) is 10.0 Å². The minimum absolute atomic E-state index is 0.209. The molecule has 0 saturated carbocycles. The van der Waals surface area contributed by atoms with Crippen molar-refractivity contribution in [1.82, 2.24) is 4.31 Å². The maximum absolute atomic E-state index is 11.5. The summed E-state index contributed by atoms with van der Waals surface area (Å²) in [4.78, 5) is 2.25. The molecule has 1 unspecified atom stereocenters. The van der Waals surface area contributed by atoms with Gasteiger partial charge in [-0.2, -0.15) is 4.31 Å².